The summed E-state index contributed by atoms with van der Waals surface area (Å²) in [5.41, 5.74) is 4.77. The number of halogens is 1. The van der Waals surface area contributed by atoms with E-state index < -0.39 is 0 Å². The summed E-state index contributed by atoms with van der Waals surface area (Å²) in [6, 6.07) is 21.9. The average Bonchev–Trinajstić information content (AvgIpc) is 3.38. The highest BCUT2D eigenvalue weighted by Crippen LogP contribution is 2.35. The SMILES string of the molecule is COc1ccccc1C(=O)N1C2CCC1CN(Cc1c(-c3ccc(Cl)cc3)nc3ccccn13)C2. The molecule has 2 aromatic heterocycles. The number of pyridine rings is 1. The Morgan fingerprint density at radius 2 is 1.71 bits per heavy atom. The van der Waals surface area contributed by atoms with E-state index in [0.717, 1.165) is 55.1 Å². The third-order valence-electron chi connectivity index (χ3n) is 7.25. The first-order valence-corrected chi connectivity index (χ1v) is 12.4. The number of aromatic nitrogens is 2. The summed E-state index contributed by atoms with van der Waals surface area (Å²) in [4.78, 5) is 23.0. The minimum absolute atomic E-state index is 0.0752. The van der Waals surface area contributed by atoms with Crippen molar-refractivity contribution in [2.45, 2.75) is 31.5 Å². The Balaban J connectivity index is 1.28. The molecule has 4 heterocycles. The number of fused-ring (bicyclic) bond motifs is 3. The second kappa shape index (κ2) is 9.02. The highest BCUT2D eigenvalue weighted by Gasteiger charge is 2.43. The Hall–Kier alpha value is -3.35. The van der Waals surface area contributed by atoms with Gasteiger partial charge in [-0.3, -0.25) is 9.69 Å². The zero-order valence-electron chi connectivity index (χ0n) is 19.6. The summed E-state index contributed by atoms with van der Waals surface area (Å²) in [5.74, 6) is 0.712. The first kappa shape index (κ1) is 22.1. The van der Waals surface area contributed by atoms with Gasteiger partial charge in [0.1, 0.15) is 11.4 Å². The van der Waals surface area contributed by atoms with Crippen molar-refractivity contribution in [2.24, 2.45) is 0 Å². The molecule has 0 spiro atoms. The lowest BCUT2D eigenvalue weighted by Crippen LogP contribution is -2.55. The Bertz CT molecular complexity index is 1370. The van der Waals surface area contributed by atoms with E-state index >= 15 is 0 Å². The maximum Gasteiger partial charge on any atom is 0.258 e. The highest BCUT2D eigenvalue weighted by molar-refractivity contribution is 6.30. The Labute approximate surface area is 209 Å². The van der Waals surface area contributed by atoms with E-state index in [2.05, 4.69) is 20.4 Å². The summed E-state index contributed by atoms with van der Waals surface area (Å²) in [7, 11) is 1.62. The van der Waals surface area contributed by atoms with Gasteiger partial charge in [-0.05, 0) is 49.2 Å². The molecular formula is C28H27ClN4O2. The molecular weight excluding hydrogens is 460 g/mol. The topological polar surface area (TPSA) is 50.1 Å². The van der Waals surface area contributed by atoms with Gasteiger partial charge in [-0.1, -0.05) is 41.9 Å². The van der Waals surface area contributed by atoms with Gasteiger partial charge in [0.15, 0.2) is 0 Å². The largest absolute Gasteiger partial charge is 0.496 e. The predicted octanol–water partition coefficient (Wildman–Crippen LogP) is 5.15. The van der Waals surface area contributed by atoms with Crippen molar-refractivity contribution in [3.63, 3.8) is 0 Å². The third kappa shape index (κ3) is 3.97. The second-order valence-electron chi connectivity index (χ2n) is 9.33. The van der Waals surface area contributed by atoms with Crippen LogP contribution in [0.2, 0.25) is 5.02 Å². The molecule has 6 nitrogen and oxygen atoms in total. The van der Waals surface area contributed by atoms with Crippen molar-refractivity contribution < 1.29 is 9.53 Å². The molecule has 2 atom stereocenters. The van der Waals surface area contributed by atoms with Crippen molar-refractivity contribution >= 4 is 23.2 Å². The number of ether oxygens (including phenoxy) is 1. The predicted molar refractivity (Wildman–Crippen MR) is 137 cm³/mol. The van der Waals surface area contributed by atoms with E-state index in [1.807, 2.05) is 66.7 Å². The van der Waals surface area contributed by atoms with Crippen LogP contribution in [-0.4, -0.2) is 57.4 Å². The number of imidazole rings is 1. The monoisotopic (exact) mass is 486 g/mol. The molecule has 0 N–H and O–H groups in total. The van der Waals surface area contributed by atoms with Gasteiger partial charge in [0.05, 0.1) is 24.1 Å². The number of nitrogens with zero attached hydrogens (tertiary/aromatic N) is 4. The number of carbonyl (C=O) groups excluding carboxylic acids is 1. The second-order valence-corrected chi connectivity index (χ2v) is 9.77. The summed E-state index contributed by atoms with van der Waals surface area (Å²) in [6.45, 7) is 2.46. The van der Waals surface area contributed by atoms with E-state index in [1.54, 1.807) is 7.11 Å². The molecule has 0 saturated carbocycles. The molecule has 35 heavy (non-hydrogen) atoms. The molecule has 7 heteroatoms. The standard InChI is InChI=1S/C28H27ClN4O2/c1-35-25-7-3-2-6-23(25)28(34)33-21-13-14-22(33)17-31(16-21)18-24-27(19-9-11-20(29)12-10-19)30-26-8-4-5-15-32(24)26/h2-12,15,21-22H,13-14,16-18H2,1H3. The number of likely N-dealkylation sites (tertiary alicyclic amines) is 1. The summed E-state index contributed by atoms with van der Waals surface area (Å²) in [5, 5.41) is 0.714. The van der Waals surface area contributed by atoms with E-state index in [1.165, 1.54) is 0 Å². The molecule has 2 fully saturated rings. The number of rotatable bonds is 5. The lowest BCUT2D eigenvalue weighted by molar-refractivity contribution is 0.0400. The molecule has 2 bridgehead atoms. The van der Waals surface area contributed by atoms with Crippen molar-refractivity contribution in [2.75, 3.05) is 20.2 Å². The van der Waals surface area contributed by atoms with Gasteiger partial charge >= 0.3 is 0 Å². The molecule has 0 radical (unpaired) electrons. The van der Waals surface area contributed by atoms with Crippen LogP contribution in [0, 0.1) is 0 Å². The van der Waals surface area contributed by atoms with Gasteiger partial charge in [-0.2, -0.15) is 0 Å². The van der Waals surface area contributed by atoms with Crippen molar-refractivity contribution in [3.05, 3.63) is 89.2 Å². The van der Waals surface area contributed by atoms with Crippen molar-refractivity contribution in [3.8, 4) is 17.0 Å². The first-order valence-electron chi connectivity index (χ1n) is 12.0. The van der Waals surface area contributed by atoms with Crippen molar-refractivity contribution in [1.29, 1.82) is 0 Å². The minimum atomic E-state index is 0.0752. The molecule has 6 rings (SSSR count). The van der Waals surface area contributed by atoms with Crippen LogP contribution in [0.3, 0.4) is 0 Å². The van der Waals surface area contributed by atoms with Gasteiger partial charge < -0.3 is 14.0 Å². The molecule has 2 aromatic carbocycles. The van der Waals surface area contributed by atoms with Crippen LogP contribution in [0.1, 0.15) is 28.9 Å². The molecule has 1 amide bonds. The fourth-order valence-electron chi connectivity index (χ4n) is 5.66. The fraction of sp³-hybridized carbons (Fsp3) is 0.286. The van der Waals surface area contributed by atoms with Gasteiger partial charge in [0.2, 0.25) is 0 Å². The Morgan fingerprint density at radius 1 is 1.00 bits per heavy atom. The summed E-state index contributed by atoms with van der Waals surface area (Å²) in [6.07, 6.45) is 4.13. The van der Waals surface area contributed by atoms with Crippen LogP contribution < -0.4 is 4.74 Å². The lowest BCUT2D eigenvalue weighted by Gasteiger charge is -2.41. The van der Waals surface area contributed by atoms with Gasteiger partial charge in [-0.15, -0.1) is 0 Å². The van der Waals surface area contributed by atoms with Crippen LogP contribution in [-0.2, 0) is 6.54 Å². The van der Waals surface area contributed by atoms with Crippen LogP contribution >= 0.6 is 11.6 Å². The van der Waals surface area contributed by atoms with Crippen LogP contribution in [0.5, 0.6) is 5.75 Å². The van der Waals surface area contributed by atoms with Crippen LogP contribution in [0.4, 0.5) is 0 Å². The van der Waals surface area contributed by atoms with E-state index in [-0.39, 0.29) is 18.0 Å². The fourth-order valence-corrected chi connectivity index (χ4v) is 5.79. The number of hydrogen-bond donors (Lipinski definition) is 0. The molecule has 2 unspecified atom stereocenters. The molecule has 4 aromatic rings. The van der Waals surface area contributed by atoms with Crippen molar-refractivity contribution in [1.82, 2.24) is 19.2 Å². The number of hydrogen-bond acceptors (Lipinski definition) is 4. The number of piperazine rings is 1. The Kier molecular flexibility index (Phi) is 5.71. The number of methoxy groups -OCH3 is 1. The molecule has 0 aliphatic carbocycles. The normalized spacial score (nSPS) is 19.9. The summed E-state index contributed by atoms with van der Waals surface area (Å²) < 4.78 is 7.65. The maximum absolute atomic E-state index is 13.5. The maximum atomic E-state index is 13.5. The first-order chi connectivity index (χ1) is 17.1. The zero-order valence-corrected chi connectivity index (χ0v) is 20.4. The van der Waals surface area contributed by atoms with Crippen LogP contribution in [0.15, 0.2) is 72.9 Å². The van der Waals surface area contributed by atoms with Gasteiger partial charge in [-0.25, -0.2) is 4.98 Å². The van der Waals surface area contributed by atoms with Crippen LogP contribution in [0.25, 0.3) is 16.9 Å². The van der Waals surface area contributed by atoms with E-state index in [4.69, 9.17) is 21.3 Å². The summed E-state index contributed by atoms with van der Waals surface area (Å²) >= 11 is 6.14. The average molecular weight is 487 g/mol. The molecule has 2 saturated heterocycles. The molecule has 2 aliphatic rings. The Morgan fingerprint density at radius 3 is 2.46 bits per heavy atom. The highest BCUT2D eigenvalue weighted by atomic mass is 35.5. The number of benzene rings is 2. The molecule has 178 valence electrons. The smallest absolute Gasteiger partial charge is 0.258 e. The number of amides is 1. The van der Waals surface area contributed by atoms with E-state index in [9.17, 15) is 4.79 Å². The minimum Gasteiger partial charge on any atom is -0.496 e. The van der Waals surface area contributed by atoms with E-state index in [0.29, 0.717) is 16.3 Å². The van der Waals surface area contributed by atoms with Gasteiger partial charge in [0, 0.05) is 48.5 Å². The molecule has 2 aliphatic heterocycles. The quantitative estimate of drug-likeness (QED) is 0.391. The number of carbonyl (C=O) groups is 1. The lowest BCUT2D eigenvalue weighted by atomic mass is 10.1. The third-order valence-corrected chi connectivity index (χ3v) is 7.50. The van der Waals surface area contributed by atoms with Gasteiger partial charge in [0.25, 0.3) is 5.91 Å². The zero-order chi connectivity index (χ0) is 23.9. The number of para-hydroxylation sites is 1.